The van der Waals surface area contributed by atoms with Gasteiger partial charge in [0.05, 0.1) is 5.71 Å². The van der Waals surface area contributed by atoms with Crippen molar-refractivity contribution >= 4 is 11.6 Å². The zero-order chi connectivity index (χ0) is 10.8. The summed E-state index contributed by atoms with van der Waals surface area (Å²) >= 11 is 0. The highest BCUT2D eigenvalue weighted by molar-refractivity contribution is 6.04. The Morgan fingerprint density at radius 3 is 2.93 bits per heavy atom. The number of pyridine rings is 1. The van der Waals surface area contributed by atoms with Crippen molar-refractivity contribution in [1.82, 2.24) is 9.99 Å². The third-order valence-corrected chi connectivity index (χ3v) is 2.51. The van der Waals surface area contributed by atoms with E-state index in [4.69, 9.17) is 0 Å². The van der Waals surface area contributed by atoms with E-state index >= 15 is 0 Å². The molecular weight excluding hydrogens is 190 g/mol. The molecule has 0 aromatic carbocycles. The van der Waals surface area contributed by atoms with Crippen molar-refractivity contribution in [3.8, 4) is 0 Å². The van der Waals surface area contributed by atoms with Gasteiger partial charge in [0.1, 0.15) is 0 Å². The van der Waals surface area contributed by atoms with E-state index < -0.39 is 0 Å². The molecule has 0 saturated carbocycles. The van der Waals surface area contributed by atoms with Gasteiger partial charge < -0.3 is 0 Å². The maximum absolute atomic E-state index is 11.5. The summed E-state index contributed by atoms with van der Waals surface area (Å²) in [6.45, 7) is 1.92. The Hall–Kier alpha value is -1.71. The van der Waals surface area contributed by atoms with Gasteiger partial charge >= 0.3 is 0 Å². The second-order valence-electron chi connectivity index (χ2n) is 3.76. The second-order valence-corrected chi connectivity index (χ2v) is 3.76. The number of rotatable bonds is 1. The van der Waals surface area contributed by atoms with E-state index in [0.717, 1.165) is 11.3 Å². The van der Waals surface area contributed by atoms with E-state index in [2.05, 4.69) is 10.1 Å². The Balaban J connectivity index is 2.32. The van der Waals surface area contributed by atoms with Crippen LogP contribution in [0.2, 0.25) is 0 Å². The smallest absolute Gasteiger partial charge is 0.245 e. The molecule has 1 aromatic heterocycles. The van der Waals surface area contributed by atoms with Gasteiger partial charge in [-0.05, 0) is 6.07 Å². The number of nitrogens with zero attached hydrogens (tertiary/aromatic N) is 3. The molecule has 0 fully saturated rings. The summed E-state index contributed by atoms with van der Waals surface area (Å²) < 4.78 is 0. The molecule has 0 spiro atoms. The molecule has 0 radical (unpaired) electrons. The molecule has 4 nitrogen and oxygen atoms in total. The van der Waals surface area contributed by atoms with Crippen molar-refractivity contribution in [2.45, 2.75) is 13.3 Å². The van der Waals surface area contributed by atoms with Crippen LogP contribution in [0.3, 0.4) is 0 Å². The lowest BCUT2D eigenvalue weighted by molar-refractivity contribution is -0.134. The van der Waals surface area contributed by atoms with Crippen LogP contribution in [-0.2, 0) is 4.79 Å². The zero-order valence-electron chi connectivity index (χ0n) is 8.84. The first kappa shape index (κ1) is 9.83. The highest BCUT2D eigenvalue weighted by atomic mass is 16.2. The van der Waals surface area contributed by atoms with E-state index in [1.54, 1.807) is 19.4 Å². The molecule has 2 rings (SSSR count). The van der Waals surface area contributed by atoms with Crippen molar-refractivity contribution in [3.05, 3.63) is 30.1 Å². The SMILES string of the molecule is CC1CC(c2cccnc2)=NN(C)C1=O. The average molecular weight is 203 g/mol. The fourth-order valence-electron chi connectivity index (χ4n) is 1.68. The van der Waals surface area contributed by atoms with Gasteiger partial charge in [-0.1, -0.05) is 13.0 Å². The summed E-state index contributed by atoms with van der Waals surface area (Å²) in [6.07, 6.45) is 4.19. The van der Waals surface area contributed by atoms with Crippen molar-refractivity contribution in [3.63, 3.8) is 0 Å². The average Bonchev–Trinajstić information content (AvgIpc) is 2.26. The van der Waals surface area contributed by atoms with Crippen molar-refractivity contribution in [2.24, 2.45) is 11.0 Å². The number of hydrogen-bond acceptors (Lipinski definition) is 3. The quantitative estimate of drug-likeness (QED) is 0.690. The van der Waals surface area contributed by atoms with Crippen LogP contribution in [0.5, 0.6) is 0 Å². The molecule has 0 aliphatic carbocycles. The number of aromatic nitrogens is 1. The molecule has 1 aliphatic heterocycles. The minimum Gasteiger partial charge on any atom is -0.273 e. The van der Waals surface area contributed by atoms with E-state index in [-0.39, 0.29) is 11.8 Å². The molecule has 1 aliphatic rings. The Kier molecular flexibility index (Phi) is 2.49. The van der Waals surface area contributed by atoms with Crippen LogP contribution < -0.4 is 0 Å². The standard InChI is InChI=1S/C11H13N3O/c1-8-6-10(13-14(2)11(8)15)9-4-3-5-12-7-9/h3-5,7-8H,6H2,1-2H3. The van der Waals surface area contributed by atoms with Crippen molar-refractivity contribution in [2.75, 3.05) is 7.05 Å². The Morgan fingerprint density at radius 1 is 1.53 bits per heavy atom. The second kappa shape index (κ2) is 3.81. The number of carbonyl (C=O) groups is 1. The molecule has 1 unspecified atom stereocenters. The first-order valence-electron chi connectivity index (χ1n) is 4.94. The third-order valence-electron chi connectivity index (χ3n) is 2.51. The van der Waals surface area contributed by atoms with Crippen molar-refractivity contribution in [1.29, 1.82) is 0 Å². The van der Waals surface area contributed by atoms with Crippen LogP contribution in [0, 0.1) is 5.92 Å². The molecule has 4 heteroatoms. The zero-order valence-corrected chi connectivity index (χ0v) is 8.84. The van der Waals surface area contributed by atoms with E-state index in [0.29, 0.717) is 6.42 Å². The highest BCUT2D eigenvalue weighted by Crippen LogP contribution is 2.18. The first-order chi connectivity index (χ1) is 7.18. The third kappa shape index (κ3) is 1.88. The minimum absolute atomic E-state index is 0.00251. The van der Waals surface area contributed by atoms with Crippen LogP contribution >= 0.6 is 0 Å². The molecule has 1 aromatic rings. The number of amides is 1. The number of hydrogen-bond donors (Lipinski definition) is 0. The molecule has 2 heterocycles. The maximum atomic E-state index is 11.5. The normalized spacial score (nSPS) is 21.5. The molecule has 0 N–H and O–H groups in total. The van der Waals surface area contributed by atoms with E-state index in [1.807, 2.05) is 19.1 Å². The largest absolute Gasteiger partial charge is 0.273 e. The number of hydrazone groups is 1. The molecule has 0 saturated heterocycles. The lowest BCUT2D eigenvalue weighted by atomic mass is 9.98. The summed E-state index contributed by atoms with van der Waals surface area (Å²) in [5.41, 5.74) is 1.92. The molecular formula is C11H13N3O. The van der Waals surface area contributed by atoms with Gasteiger partial charge in [-0.15, -0.1) is 0 Å². The van der Waals surface area contributed by atoms with Gasteiger partial charge in [0.15, 0.2) is 0 Å². The monoisotopic (exact) mass is 203 g/mol. The van der Waals surface area contributed by atoms with Crippen LogP contribution in [0.15, 0.2) is 29.6 Å². The fourth-order valence-corrected chi connectivity index (χ4v) is 1.68. The van der Waals surface area contributed by atoms with Gasteiger partial charge in [0.25, 0.3) is 0 Å². The predicted molar refractivity (Wildman–Crippen MR) is 57.3 cm³/mol. The fraction of sp³-hybridized carbons (Fsp3) is 0.364. The van der Waals surface area contributed by atoms with Crippen LogP contribution in [-0.4, -0.2) is 28.7 Å². The van der Waals surface area contributed by atoms with Gasteiger partial charge in [0.2, 0.25) is 5.91 Å². The van der Waals surface area contributed by atoms with Crippen LogP contribution in [0.25, 0.3) is 0 Å². The van der Waals surface area contributed by atoms with Gasteiger partial charge in [-0.2, -0.15) is 5.10 Å². The summed E-state index contributed by atoms with van der Waals surface area (Å²) in [5, 5.41) is 5.66. The molecule has 0 bridgehead atoms. The lowest BCUT2D eigenvalue weighted by Gasteiger charge is -2.24. The number of carbonyl (C=O) groups excluding carboxylic acids is 1. The van der Waals surface area contributed by atoms with E-state index in [1.165, 1.54) is 5.01 Å². The van der Waals surface area contributed by atoms with Gasteiger partial charge in [-0.3, -0.25) is 9.78 Å². The molecule has 15 heavy (non-hydrogen) atoms. The molecule has 1 atom stereocenters. The van der Waals surface area contributed by atoms with Gasteiger partial charge in [0, 0.05) is 37.3 Å². The maximum Gasteiger partial charge on any atom is 0.245 e. The highest BCUT2D eigenvalue weighted by Gasteiger charge is 2.25. The minimum atomic E-state index is 0.00251. The molecule has 1 amide bonds. The van der Waals surface area contributed by atoms with Gasteiger partial charge in [-0.25, -0.2) is 5.01 Å². The predicted octanol–water partition coefficient (Wildman–Crippen LogP) is 1.28. The van der Waals surface area contributed by atoms with Crippen LogP contribution in [0.1, 0.15) is 18.9 Å². The van der Waals surface area contributed by atoms with Crippen LogP contribution in [0.4, 0.5) is 0 Å². The van der Waals surface area contributed by atoms with E-state index in [9.17, 15) is 4.79 Å². The Morgan fingerprint density at radius 2 is 2.33 bits per heavy atom. The Labute approximate surface area is 88.6 Å². The van der Waals surface area contributed by atoms with Crippen molar-refractivity contribution < 1.29 is 4.79 Å². The summed E-state index contributed by atoms with van der Waals surface area (Å²) in [7, 11) is 1.69. The summed E-state index contributed by atoms with van der Waals surface area (Å²) in [4.78, 5) is 15.5. The summed E-state index contributed by atoms with van der Waals surface area (Å²) in [6, 6.07) is 3.83. The topological polar surface area (TPSA) is 45.6 Å². The lowest BCUT2D eigenvalue weighted by Crippen LogP contribution is -2.34. The molecule has 78 valence electrons. The Bertz CT molecular complexity index is 400. The summed E-state index contributed by atoms with van der Waals surface area (Å²) in [5.74, 6) is 0.0744. The first-order valence-corrected chi connectivity index (χ1v) is 4.94.